The molecule has 0 bridgehead atoms. The Kier molecular flexibility index (Phi) is 5.46. The van der Waals surface area contributed by atoms with Crippen LogP contribution in [0.4, 0.5) is 5.69 Å². The third-order valence-corrected chi connectivity index (χ3v) is 4.43. The molecule has 94 valence electrons. The maximum Gasteiger partial charge on any atom is 0.238 e. The maximum atomic E-state index is 11.9. The Bertz CT molecular complexity index is 407. The number of rotatable bonds is 4. The van der Waals surface area contributed by atoms with Gasteiger partial charge in [-0.15, -0.1) is 0 Å². The van der Waals surface area contributed by atoms with E-state index in [1.54, 1.807) is 13.2 Å². The summed E-state index contributed by atoms with van der Waals surface area (Å²) in [7, 11) is 1.59. The average Bonchev–Trinajstić information content (AvgIpc) is 2.30. The van der Waals surface area contributed by atoms with Crippen LogP contribution >= 0.6 is 31.9 Å². The lowest BCUT2D eigenvalue weighted by Gasteiger charge is -2.15. The van der Waals surface area contributed by atoms with Gasteiger partial charge in [0.05, 0.1) is 17.6 Å². The van der Waals surface area contributed by atoms with E-state index >= 15 is 0 Å². The molecule has 0 aliphatic rings. The second kappa shape index (κ2) is 6.40. The minimum atomic E-state index is -0.208. The number of amides is 1. The van der Waals surface area contributed by atoms with Gasteiger partial charge in [-0.25, -0.2) is 0 Å². The topological polar surface area (TPSA) is 38.3 Å². The van der Waals surface area contributed by atoms with Crippen molar-refractivity contribution in [1.82, 2.24) is 0 Å². The van der Waals surface area contributed by atoms with E-state index in [9.17, 15) is 4.79 Å². The molecule has 1 aromatic carbocycles. The zero-order chi connectivity index (χ0) is 13.0. The van der Waals surface area contributed by atoms with Crippen LogP contribution in [-0.4, -0.2) is 17.8 Å². The quantitative estimate of drug-likeness (QED) is 0.825. The molecule has 1 atom stereocenters. The highest BCUT2D eigenvalue weighted by atomic mass is 79.9. The van der Waals surface area contributed by atoms with Crippen LogP contribution in [0.2, 0.25) is 0 Å². The van der Waals surface area contributed by atoms with Gasteiger partial charge in [-0.2, -0.15) is 0 Å². The Morgan fingerprint density at radius 2 is 2.06 bits per heavy atom. The summed E-state index contributed by atoms with van der Waals surface area (Å²) in [5.41, 5.74) is 0.708. The second-order valence-electron chi connectivity index (χ2n) is 3.98. The summed E-state index contributed by atoms with van der Waals surface area (Å²) in [6.07, 6.45) is 0. The zero-order valence-corrected chi connectivity index (χ0v) is 13.1. The summed E-state index contributed by atoms with van der Waals surface area (Å²) in [6.45, 7) is 3.97. The number of ether oxygens (including phenoxy) is 1. The van der Waals surface area contributed by atoms with Gasteiger partial charge in [0.25, 0.3) is 0 Å². The van der Waals surface area contributed by atoms with Gasteiger partial charge in [0.15, 0.2) is 0 Å². The number of alkyl halides is 1. The van der Waals surface area contributed by atoms with E-state index in [1.165, 1.54) is 0 Å². The molecule has 0 saturated heterocycles. The van der Waals surface area contributed by atoms with E-state index in [2.05, 4.69) is 37.2 Å². The molecule has 1 amide bonds. The first-order chi connectivity index (χ1) is 7.95. The summed E-state index contributed by atoms with van der Waals surface area (Å²) in [5.74, 6) is 0.882. The van der Waals surface area contributed by atoms with Crippen molar-refractivity contribution in [2.45, 2.75) is 18.7 Å². The minimum absolute atomic E-state index is 0.0612. The normalized spacial score (nSPS) is 12.4. The largest absolute Gasteiger partial charge is 0.497 e. The number of anilines is 1. The molecule has 5 heteroatoms. The van der Waals surface area contributed by atoms with Gasteiger partial charge in [-0.1, -0.05) is 29.8 Å². The van der Waals surface area contributed by atoms with Crippen molar-refractivity contribution in [2.24, 2.45) is 5.92 Å². The summed E-state index contributed by atoms with van der Waals surface area (Å²) < 4.78 is 5.94. The number of carbonyl (C=O) groups excluding carboxylic acids is 1. The predicted molar refractivity (Wildman–Crippen MR) is 76.9 cm³/mol. The number of hydrogen-bond acceptors (Lipinski definition) is 2. The molecule has 0 radical (unpaired) electrons. The number of methoxy groups -OCH3 is 1. The van der Waals surface area contributed by atoms with Crippen molar-refractivity contribution < 1.29 is 9.53 Å². The van der Waals surface area contributed by atoms with Gasteiger partial charge in [0, 0.05) is 10.5 Å². The van der Waals surface area contributed by atoms with Crippen LogP contribution in [-0.2, 0) is 4.79 Å². The predicted octanol–water partition coefficient (Wildman–Crippen LogP) is 3.82. The van der Waals surface area contributed by atoms with Crippen molar-refractivity contribution in [2.75, 3.05) is 12.4 Å². The highest BCUT2D eigenvalue weighted by Crippen LogP contribution is 2.28. The Morgan fingerprint density at radius 1 is 1.41 bits per heavy atom. The summed E-state index contributed by atoms with van der Waals surface area (Å²) >= 11 is 6.76. The molecule has 1 rings (SSSR count). The van der Waals surface area contributed by atoms with Gasteiger partial charge >= 0.3 is 0 Å². The Labute approximate surface area is 118 Å². The third kappa shape index (κ3) is 4.00. The molecule has 0 heterocycles. The van der Waals surface area contributed by atoms with Crippen LogP contribution < -0.4 is 10.1 Å². The number of benzene rings is 1. The number of hydrogen-bond donors (Lipinski definition) is 1. The Morgan fingerprint density at radius 3 is 2.59 bits per heavy atom. The van der Waals surface area contributed by atoms with Gasteiger partial charge in [-0.3, -0.25) is 4.79 Å². The van der Waals surface area contributed by atoms with E-state index in [0.29, 0.717) is 11.4 Å². The summed E-state index contributed by atoms with van der Waals surface area (Å²) in [6, 6.07) is 5.45. The molecule has 1 unspecified atom stereocenters. The first-order valence-electron chi connectivity index (χ1n) is 5.24. The maximum absolute atomic E-state index is 11.9. The standard InChI is InChI=1S/C12H15Br2NO2/c1-7(2)11(14)12(16)15-10-6-8(17-3)4-5-9(10)13/h4-7,11H,1-3H3,(H,15,16). The number of nitrogens with one attached hydrogen (secondary N) is 1. The third-order valence-electron chi connectivity index (χ3n) is 2.27. The summed E-state index contributed by atoms with van der Waals surface area (Å²) in [5, 5.41) is 2.85. The van der Waals surface area contributed by atoms with Crippen LogP contribution in [0.1, 0.15) is 13.8 Å². The molecule has 0 aliphatic carbocycles. The lowest BCUT2D eigenvalue weighted by Crippen LogP contribution is -2.27. The van der Waals surface area contributed by atoms with E-state index in [1.807, 2.05) is 26.0 Å². The van der Waals surface area contributed by atoms with Gasteiger partial charge in [0.1, 0.15) is 5.75 Å². The van der Waals surface area contributed by atoms with Crippen LogP contribution in [0.5, 0.6) is 5.75 Å². The fourth-order valence-corrected chi connectivity index (χ4v) is 1.69. The monoisotopic (exact) mass is 363 g/mol. The molecule has 0 aromatic heterocycles. The molecule has 0 saturated carbocycles. The fraction of sp³-hybridized carbons (Fsp3) is 0.417. The van der Waals surface area contributed by atoms with E-state index in [0.717, 1.165) is 4.47 Å². The van der Waals surface area contributed by atoms with Crippen LogP contribution in [0.3, 0.4) is 0 Å². The van der Waals surface area contributed by atoms with Crippen molar-refractivity contribution in [1.29, 1.82) is 0 Å². The SMILES string of the molecule is COc1ccc(Br)c(NC(=O)C(Br)C(C)C)c1. The molecule has 0 fully saturated rings. The fourth-order valence-electron chi connectivity index (χ4n) is 1.23. The number of halogens is 2. The highest BCUT2D eigenvalue weighted by molar-refractivity contribution is 9.10. The highest BCUT2D eigenvalue weighted by Gasteiger charge is 2.19. The van der Waals surface area contributed by atoms with Crippen molar-refractivity contribution in [3.63, 3.8) is 0 Å². The molecular formula is C12H15Br2NO2. The Hall–Kier alpha value is -0.550. The van der Waals surface area contributed by atoms with E-state index in [-0.39, 0.29) is 16.7 Å². The van der Waals surface area contributed by atoms with Gasteiger partial charge < -0.3 is 10.1 Å². The lowest BCUT2D eigenvalue weighted by molar-refractivity contribution is -0.116. The minimum Gasteiger partial charge on any atom is -0.497 e. The van der Waals surface area contributed by atoms with E-state index < -0.39 is 0 Å². The molecular weight excluding hydrogens is 350 g/mol. The first kappa shape index (κ1) is 14.5. The lowest BCUT2D eigenvalue weighted by atomic mass is 10.1. The van der Waals surface area contributed by atoms with Gasteiger partial charge in [0.2, 0.25) is 5.91 Å². The van der Waals surface area contributed by atoms with Crippen LogP contribution in [0.15, 0.2) is 22.7 Å². The molecule has 0 spiro atoms. The molecule has 3 nitrogen and oxygen atoms in total. The molecule has 1 N–H and O–H groups in total. The molecule has 0 aliphatic heterocycles. The zero-order valence-electron chi connectivity index (χ0n) is 9.96. The van der Waals surface area contributed by atoms with Crippen LogP contribution in [0.25, 0.3) is 0 Å². The van der Waals surface area contributed by atoms with Crippen molar-refractivity contribution in [3.8, 4) is 5.75 Å². The summed E-state index contributed by atoms with van der Waals surface area (Å²) in [4.78, 5) is 11.7. The number of carbonyl (C=O) groups is 1. The van der Waals surface area contributed by atoms with Gasteiger partial charge in [-0.05, 0) is 34.0 Å². The van der Waals surface area contributed by atoms with Crippen LogP contribution in [0, 0.1) is 5.92 Å². The molecule has 17 heavy (non-hydrogen) atoms. The van der Waals surface area contributed by atoms with Crippen molar-refractivity contribution in [3.05, 3.63) is 22.7 Å². The Balaban J connectivity index is 2.84. The first-order valence-corrected chi connectivity index (χ1v) is 6.95. The average molecular weight is 365 g/mol. The van der Waals surface area contributed by atoms with Crippen molar-refractivity contribution >= 4 is 43.5 Å². The second-order valence-corrected chi connectivity index (χ2v) is 5.82. The molecule has 1 aromatic rings. The smallest absolute Gasteiger partial charge is 0.238 e. The van der Waals surface area contributed by atoms with E-state index in [4.69, 9.17) is 4.74 Å².